The molecule has 0 aromatic heterocycles. The average Bonchev–Trinajstić information content (AvgIpc) is 2.98. The van der Waals surface area contributed by atoms with Gasteiger partial charge in [-0.2, -0.15) is 4.31 Å². The molecule has 0 atom stereocenters. The molecule has 1 amide bonds. The van der Waals surface area contributed by atoms with Crippen LogP contribution in [0.4, 0.5) is 0 Å². The number of rotatable bonds is 5. The molecule has 28 heavy (non-hydrogen) atoms. The zero-order valence-electron chi connectivity index (χ0n) is 16.0. The number of benzene rings is 2. The summed E-state index contributed by atoms with van der Waals surface area (Å²) < 4.78 is 26.7. The van der Waals surface area contributed by atoms with Crippen LogP contribution in [0.2, 0.25) is 5.02 Å². The Kier molecular flexibility index (Phi) is 6.75. The summed E-state index contributed by atoms with van der Waals surface area (Å²) >= 11 is 5.84. The van der Waals surface area contributed by atoms with Crippen molar-refractivity contribution in [3.05, 3.63) is 64.7 Å². The molecule has 1 aliphatic heterocycles. The van der Waals surface area contributed by atoms with Crippen molar-refractivity contribution in [2.45, 2.75) is 37.1 Å². The Bertz CT molecular complexity index is 904. The summed E-state index contributed by atoms with van der Waals surface area (Å²) in [5.41, 5.74) is 1.47. The lowest BCUT2D eigenvalue weighted by Gasteiger charge is -2.21. The third kappa shape index (κ3) is 4.93. The van der Waals surface area contributed by atoms with Gasteiger partial charge in [-0.1, -0.05) is 36.6 Å². The third-order valence-corrected chi connectivity index (χ3v) is 7.09. The Hall–Kier alpha value is -1.89. The third-order valence-electron chi connectivity index (χ3n) is 5.02. The monoisotopic (exact) mass is 420 g/mol. The van der Waals surface area contributed by atoms with Crippen molar-refractivity contribution in [3.8, 4) is 0 Å². The number of hydrogen-bond donors (Lipinski definition) is 0. The fraction of sp³-hybridized carbons (Fsp3) is 0.381. The van der Waals surface area contributed by atoms with Crippen LogP contribution in [0.1, 0.15) is 41.6 Å². The average molecular weight is 421 g/mol. The molecule has 0 saturated carbocycles. The quantitative estimate of drug-likeness (QED) is 0.729. The van der Waals surface area contributed by atoms with Gasteiger partial charge >= 0.3 is 0 Å². The summed E-state index contributed by atoms with van der Waals surface area (Å²) in [6.07, 6.45) is 4.46. The fourth-order valence-corrected chi connectivity index (χ4v) is 4.62. The van der Waals surface area contributed by atoms with E-state index in [9.17, 15) is 13.2 Å². The molecule has 1 saturated heterocycles. The lowest BCUT2D eigenvalue weighted by atomic mass is 10.1. The number of halogens is 1. The van der Waals surface area contributed by atoms with E-state index in [4.69, 9.17) is 11.6 Å². The second kappa shape index (κ2) is 9.07. The van der Waals surface area contributed by atoms with Gasteiger partial charge in [-0.15, -0.1) is 0 Å². The Morgan fingerprint density at radius 3 is 2.11 bits per heavy atom. The highest BCUT2D eigenvalue weighted by molar-refractivity contribution is 7.89. The first-order valence-corrected chi connectivity index (χ1v) is 11.3. The SMILES string of the molecule is CN(Cc1ccc(C(=O)N2CCCCCC2)cc1)S(=O)(=O)c1ccc(Cl)cc1. The van der Waals surface area contributed by atoms with Crippen molar-refractivity contribution in [3.63, 3.8) is 0 Å². The van der Waals surface area contributed by atoms with Crippen molar-refractivity contribution in [2.75, 3.05) is 20.1 Å². The van der Waals surface area contributed by atoms with E-state index in [0.29, 0.717) is 10.6 Å². The van der Waals surface area contributed by atoms with Gasteiger partial charge in [0.2, 0.25) is 10.0 Å². The zero-order valence-corrected chi connectivity index (χ0v) is 17.5. The van der Waals surface area contributed by atoms with E-state index in [1.165, 1.54) is 29.3 Å². The number of likely N-dealkylation sites (tertiary alicyclic amines) is 1. The Balaban J connectivity index is 1.68. The largest absolute Gasteiger partial charge is 0.339 e. The lowest BCUT2D eigenvalue weighted by molar-refractivity contribution is 0.0761. The van der Waals surface area contributed by atoms with E-state index in [2.05, 4.69) is 0 Å². The van der Waals surface area contributed by atoms with Gasteiger partial charge < -0.3 is 4.90 Å². The minimum absolute atomic E-state index is 0.0515. The molecular formula is C21H25ClN2O3S. The molecule has 2 aromatic rings. The first-order valence-electron chi connectivity index (χ1n) is 9.48. The Labute approximate surface area is 172 Å². The normalized spacial score (nSPS) is 15.5. The van der Waals surface area contributed by atoms with Gasteiger partial charge in [0.15, 0.2) is 0 Å². The molecular weight excluding hydrogens is 396 g/mol. The predicted octanol–water partition coefficient (Wildman–Crippen LogP) is 4.18. The van der Waals surface area contributed by atoms with Crippen LogP contribution in [0.15, 0.2) is 53.4 Å². The first kappa shape index (κ1) is 20.8. The van der Waals surface area contributed by atoms with E-state index in [-0.39, 0.29) is 17.3 Å². The molecule has 1 aliphatic rings. The molecule has 0 spiro atoms. The molecule has 1 fully saturated rings. The second-order valence-corrected chi connectivity index (χ2v) is 9.60. The van der Waals surface area contributed by atoms with Crippen molar-refractivity contribution >= 4 is 27.5 Å². The van der Waals surface area contributed by atoms with E-state index < -0.39 is 10.0 Å². The van der Waals surface area contributed by atoms with Crippen LogP contribution in [0.3, 0.4) is 0 Å². The van der Waals surface area contributed by atoms with Crippen LogP contribution < -0.4 is 0 Å². The van der Waals surface area contributed by atoms with Gasteiger partial charge in [0.05, 0.1) is 4.90 Å². The number of amides is 1. The molecule has 0 aliphatic carbocycles. The second-order valence-electron chi connectivity index (χ2n) is 7.12. The summed E-state index contributed by atoms with van der Waals surface area (Å²) in [4.78, 5) is 14.8. The molecule has 0 unspecified atom stereocenters. The number of carbonyl (C=O) groups is 1. The zero-order chi connectivity index (χ0) is 20.1. The molecule has 5 nitrogen and oxygen atoms in total. The van der Waals surface area contributed by atoms with Crippen LogP contribution in [0, 0.1) is 0 Å². The highest BCUT2D eigenvalue weighted by Crippen LogP contribution is 2.20. The van der Waals surface area contributed by atoms with Crippen molar-refractivity contribution in [1.29, 1.82) is 0 Å². The van der Waals surface area contributed by atoms with Gasteiger partial charge in [0, 0.05) is 37.3 Å². The van der Waals surface area contributed by atoms with Gasteiger partial charge in [-0.3, -0.25) is 4.79 Å². The molecule has 0 radical (unpaired) electrons. The summed E-state index contributed by atoms with van der Waals surface area (Å²) in [5, 5.41) is 0.492. The number of nitrogens with zero attached hydrogens (tertiary/aromatic N) is 2. The Morgan fingerprint density at radius 2 is 1.54 bits per heavy atom. The summed E-state index contributed by atoms with van der Waals surface area (Å²) in [6.45, 7) is 1.84. The molecule has 7 heteroatoms. The summed E-state index contributed by atoms with van der Waals surface area (Å²) in [5.74, 6) is 0.0515. The maximum atomic E-state index is 12.7. The smallest absolute Gasteiger partial charge is 0.253 e. The predicted molar refractivity (Wildman–Crippen MR) is 111 cm³/mol. The van der Waals surface area contributed by atoms with Crippen molar-refractivity contribution in [2.24, 2.45) is 0 Å². The standard InChI is InChI=1S/C21H25ClN2O3S/c1-23(28(26,27)20-12-10-19(22)11-13-20)16-17-6-8-18(9-7-17)21(25)24-14-4-2-3-5-15-24/h6-13H,2-5,14-16H2,1H3. The molecule has 2 aromatic carbocycles. The van der Waals surface area contributed by atoms with Gasteiger partial charge in [0.25, 0.3) is 5.91 Å². The van der Waals surface area contributed by atoms with Crippen LogP contribution >= 0.6 is 11.6 Å². The summed E-state index contributed by atoms with van der Waals surface area (Å²) in [7, 11) is -2.06. The van der Waals surface area contributed by atoms with Gasteiger partial charge in [-0.05, 0) is 54.8 Å². The molecule has 1 heterocycles. The van der Waals surface area contributed by atoms with E-state index in [1.54, 1.807) is 31.3 Å². The van der Waals surface area contributed by atoms with Crippen molar-refractivity contribution in [1.82, 2.24) is 9.21 Å². The van der Waals surface area contributed by atoms with Crippen LogP contribution in [-0.4, -0.2) is 43.7 Å². The topological polar surface area (TPSA) is 57.7 Å². The maximum Gasteiger partial charge on any atom is 0.253 e. The van der Waals surface area contributed by atoms with Crippen LogP contribution in [-0.2, 0) is 16.6 Å². The minimum Gasteiger partial charge on any atom is -0.339 e. The van der Waals surface area contributed by atoms with Crippen LogP contribution in [0.5, 0.6) is 0 Å². The van der Waals surface area contributed by atoms with Gasteiger partial charge in [-0.25, -0.2) is 8.42 Å². The highest BCUT2D eigenvalue weighted by atomic mass is 35.5. The van der Waals surface area contributed by atoms with Crippen molar-refractivity contribution < 1.29 is 13.2 Å². The molecule has 150 valence electrons. The Morgan fingerprint density at radius 1 is 0.964 bits per heavy atom. The molecule has 3 rings (SSSR count). The molecule has 0 bridgehead atoms. The van der Waals surface area contributed by atoms with E-state index in [0.717, 1.165) is 31.5 Å². The highest BCUT2D eigenvalue weighted by Gasteiger charge is 2.21. The number of sulfonamides is 1. The van der Waals surface area contributed by atoms with Crippen LogP contribution in [0.25, 0.3) is 0 Å². The van der Waals surface area contributed by atoms with Gasteiger partial charge in [0.1, 0.15) is 0 Å². The maximum absolute atomic E-state index is 12.7. The summed E-state index contributed by atoms with van der Waals surface area (Å²) in [6, 6.07) is 13.3. The fourth-order valence-electron chi connectivity index (χ4n) is 3.34. The first-order chi connectivity index (χ1) is 13.4. The van der Waals surface area contributed by atoms with E-state index in [1.807, 2.05) is 17.0 Å². The lowest BCUT2D eigenvalue weighted by Crippen LogP contribution is -2.31. The number of hydrogen-bond acceptors (Lipinski definition) is 3. The minimum atomic E-state index is -3.60. The number of carbonyl (C=O) groups excluding carboxylic acids is 1. The molecule has 0 N–H and O–H groups in total. The van der Waals surface area contributed by atoms with E-state index >= 15 is 0 Å².